The molecule has 7 atom stereocenters. The number of piperazine rings is 1. The molecule has 328 valence electrons. The molecule has 1 amide bonds. The van der Waals surface area contributed by atoms with E-state index in [1.165, 1.54) is 36.9 Å². The van der Waals surface area contributed by atoms with E-state index in [1.807, 2.05) is 32.2 Å². The number of anilines is 1. The maximum Gasteiger partial charge on any atom is 0.264 e. The standard InChI is InChI=1S/C47H66ClN5O6S/c1-34-7-5-18-47(57-2,32-51-21-22-52-19-4-3-9-39(52)30-51)41-13-10-37(41)29-53-31-46(17-6-8-35-27-38(48)12-14-40(35)46)33-59-43-15-11-36(28-42(43)53)45(54)49-60(55,56)44(34)16-20-50-23-25-58-26-24-50/h5,11-12,14-15,18,27-28,34,37,39,41,44H,3-4,6-10,13,16-17,19-26,29-33H2,1-2H3,(H,49,54)/b18-5+/t34-,37-,39+,41+,44+,46-,47-/m0/s1. The lowest BCUT2D eigenvalue weighted by molar-refractivity contribution is -0.100. The number of sulfonamides is 1. The Kier molecular flexibility index (Phi) is 12.6. The Labute approximate surface area is 363 Å². The molecule has 60 heavy (non-hydrogen) atoms. The molecular formula is C47H66ClN5O6S. The summed E-state index contributed by atoms with van der Waals surface area (Å²) in [6.07, 6.45) is 14.5. The van der Waals surface area contributed by atoms with Gasteiger partial charge in [0.25, 0.3) is 5.91 Å². The second kappa shape index (κ2) is 17.8. The molecule has 1 N–H and O–H groups in total. The summed E-state index contributed by atoms with van der Waals surface area (Å²) in [5.41, 5.74) is 2.93. The van der Waals surface area contributed by atoms with Crippen LogP contribution in [0.5, 0.6) is 5.75 Å². The number of benzene rings is 2. The first-order valence-electron chi connectivity index (χ1n) is 22.9. The van der Waals surface area contributed by atoms with E-state index in [-0.39, 0.29) is 17.3 Å². The molecule has 4 fully saturated rings. The molecule has 0 radical (unpaired) electrons. The van der Waals surface area contributed by atoms with Gasteiger partial charge in [-0.3, -0.25) is 19.5 Å². The first-order valence-corrected chi connectivity index (χ1v) is 24.8. The van der Waals surface area contributed by atoms with Gasteiger partial charge < -0.3 is 19.1 Å². The summed E-state index contributed by atoms with van der Waals surface area (Å²) in [4.78, 5) is 24.2. The van der Waals surface area contributed by atoms with E-state index < -0.39 is 26.8 Å². The fraction of sp³-hybridized carbons (Fsp3) is 0.681. The largest absolute Gasteiger partial charge is 0.490 e. The second-order valence-electron chi connectivity index (χ2n) is 19.2. The lowest BCUT2D eigenvalue weighted by Crippen LogP contribution is -2.61. The van der Waals surface area contributed by atoms with Crippen molar-refractivity contribution in [2.45, 2.75) is 93.4 Å². The topological polar surface area (TPSA) is 104 Å². The molecule has 2 aliphatic carbocycles. The number of hydrogen-bond donors (Lipinski definition) is 1. The van der Waals surface area contributed by atoms with Crippen molar-refractivity contribution in [2.75, 3.05) is 97.3 Å². The quantitative estimate of drug-likeness (QED) is 0.341. The molecule has 0 unspecified atom stereocenters. The summed E-state index contributed by atoms with van der Waals surface area (Å²) in [7, 11) is -2.17. The maximum atomic E-state index is 14.5. The summed E-state index contributed by atoms with van der Waals surface area (Å²) in [5, 5.41) is -0.0156. The van der Waals surface area contributed by atoms with Crippen LogP contribution in [0.4, 0.5) is 5.69 Å². The molecular weight excluding hydrogens is 798 g/mol. The van der Waals surface area contributed by atoms with Crippen molar-refractivity contribution in [1.29, 1.82) is 0 Å². The number of carbonyl (C=O) groups excluding carboxylic acids is 1. The van der Waals surface area contributed by atoms with Crippen LogP contribution in [-0.2, 0) is 31.3 Å². The van der Waals surface area contributed by atoms with Gasteiger partial charge in [-0.1, -0.05) is 43.2 Å². The Morgan fingerprint density at radius 3 is 2.65 bits per heavy atom. The van der Waals surface area contributed by atoms with Crippen LogP contribution >= 0.6 is 11.6 Å². The fourth-order valence-corrected chi connectivity index (χ4v) is 13.9. The van der Waals surface area contributed by atoms with Gasteiger partial charge in [0.1, 0.15) is 11.4 Å². The predicted octanol–water partition coefficient (Wildman–Crippen LogP) is 6.14. The van der Waals surface area contributed by atoms with Crippen LogP contribution < -0.4 is 14.4 Å². The van der Waals surface area contributed by atoms with Crippen LogP contribution in [0, 0.1) is 17.8 Å². The monoisotopic (exact) mass is 863 g/mol. The van der Waals surface area contributed by atoms with E-state index in [0.29, 0.717) is 56.7 Å². The van der Waals surface area contributed by atoms with Gasteiger partial charge in [0.05, 0.1) is 30.8 Å². The zero-order chi connectivity index (χ0) is 41.5. The van der Waals surface area contributed by atoms with Crippen molar-refractivity contribution in [2.24, 2.45) is 17.8 Å². The number of amides is 1. The number of aryl methyl sites for hydroxylation is 1. The number of piperidine rings is 1. The third-order valence-corrected chi connectivity index (χ3v) is 17.8. The summed E-state index contributed by atoms with van der Waals surface area (Å²) >= 11 is 6.56. The molecule has 5 aliphatic heterocycles. The number of methoxy groups -OCH3 is 1. The highest BCUT2D eigenvalue weighted by Gasteiger charge is 2.50. The number of morpholine rings is 1. The van der Waals surface area contributed by atoms with Gasteiger partial charge in [0, 0.05) is 81.5 Å². The van der Waals surface area contributed by atoms with E-state index in [4.69, 9.17) is 25.8 Å². The van der Waals surface area contributed by atoms with Crippen molar-refractivity contribution >= 4 is 33.2 Å². The summed E-state index contributed by atoms with van der Waals surface area (Å²) in [5.74, 6) is 0.493. The van der Waals surface area contributed by atoms with Crippen LogP contribution in [0.2, 0.25) is 5.02 Å². The van der Waals surface area contributed by atoms with E-state index in [0.717, 1.165) is 101 Å². The Hall–Kier alpha value is -2.71. The summed E-state index contributed by atoms with van der Waals surface area (Å²) < 4.78 is 50.7. The number of nitrogens with one attached hydrogen (secondary N) is 1. The van der Waals surface area contributed by atoms with Gasteiger partial charge in [-0.05, 0) is 130 Å². The molecule has 9 rings (SSSR count). The van der Waals surface area contributed by atoms with E-state index in [1.54, 1.807) is 6.07 Å². The average Bonchev–Trinajstić information content (AvgIpc) is 3.38. The highest BCUT2D eigenvalue weighted by molar-refractivity contribution is 7.90. The highest BCUT2D eigenvalue weighted by atomic mass is 35.5. The van der Waals surface area contributed by atoms with Crippen molar-refractivity contribution in [3.05, 3.63) is 70.3 Å². The number of nitrogens with zero attached hydrogens (tertiary/aromatic N) is 4. The lowest BCUT2D eigenvalue weighted by atomic mass is 9.63. The van der Waals surface area contributed by atoms with Crippen molar-refractivity contribution in [1.82, 2.24) is 19.4 Å². The fourth-order valence-electron chi connectivity index (χ4n) is 12.0. The zero-order valence-corrected chi connectivity index (χ0v) is 37.4. The Morgan fingerprint density at radius 1 is 0.967 bits per heavy atom. The summed E-state index contributed by atoms with van der Waals surface area (Å²) in [6.45, 7) is 12.7. The third kappa shape index (κ3) is 8.65. The van der Waals surface area contributed by atoms with Gasteiger partial charge in [0.2, 0.25) is 10.0 Å². The maximum absolute atomic E-state index is 14.5. The van der Waals surface area contributed by atoms with Gasteiger partial charge >= 0.3 is 0 Å². The van der Waals surface area contributed by atoms with Gasteiger partial charge in [0.15, 0.2) is 0 Å². The third-order valence-electron chi connectivity index (χ3n) is 15.6. The predicted molar refractivity (Wildman–Crippen MR) is 237 cm³/mol. The minimum atomic E-state index is -4.07. The van der Waals surface area contributed by atoms with Crippen LogP contribution in [0.25, 0.3) is 0 Å². The van der Waals surface area contributed by atoms with Crippen LogP contribution in [0.3, 0.4) is 0 Å². The van der Waals surface area contributed by atoms with Gasteiger partial charge in [-0.2, -0.15) is 0 Å². The molecule has 3 saturated heterocycles. The molecule has 5 heterocycles. The van der Waals surface area contributed by atoms with Crippen LogP contribution in [0.1, 0.15) is 86.2 Å². The smallest absolute Gasteiger partial charge is 0.264 e. The van der Waals surface area contributed by atoms with E-state index in [2.05, 4.69) is 48.6 Å². The Balaban J connectivity index is 1.10. The number of allylic oxidation sites excluding steroid dienone is 1. The van der Waals surface area contributed by atoms with Crippen LogP contribution in [-0.4, -0.2) is 138 Å². The molecule has 2 aromatic carbocycles. The highest BCUT2D eigenvalue weighted by Crippen LogP contribution is 2.49. The SMILES string of the molecule is CO[C@]1(CN2CCN3CCCC[C@@H]3C2)/C=C/C[C@H](C)[C@@H](CCN2CCOCC2)S(=O)(=O)NC(=O)c2ccc3c(c2)N(C[C@@H]2CC[C@H]21)C[C@@]1(CCCc2cc(Cl)ccc21)CO3. The normalized spacial score (nSPS) is 34.5. The number of fused-ring (bicyclic) bond motifs is 5. The molecule has 7 aliphatic rings. The minimum Gasteiger partial charge on any atom is -0.490 e. The number of carbonyl (C=O) groups is 1. The number of ether oxygens (including phenoxy) is 3. The molecule has 0 aromatic heterocycles. The second-order valence-corrected chi connectivity index (χ2v) is 21.5. The van der Waals surface area contributed by atoms with E-state index in [9.17, 15) is 13.2 Å². The number of hydrogen-bond acceptors (Lipinski definition) is 10. The van der Waals surface area contributed by atoms with E-state index >= 15 is 0 Å². The minimum absolute atomic E-state index is 0.238. The van der Waals surface area contributed by atoms with Crippen molar-refractivity contribution < 1.29 is 27.4 Å². The molecule has 2 aromatic rings. The van der Waals surface area contributed by atoms with Gasteiger partial charge in [-0.15, -0.1) is 0 Å². The number of rotatable bonds is 6. The first-order chi connectivity index (χ1) is 29.0. The zero-order valence-electron chi connectivity index (χ0n) is 35.8. The van der Waals surface area contributed by atoms with Crippen LogP contribution in [0.15, 0.2) is 48.6 Å². The lowest BCUT2D eigenvalue weighted by Gasteiger charge is -2.53. The molecule has 1 saturated carbocycles. The first kappa shape index (κ1) is 42.6. The molecule has 2 bridgehead atoms. The molecule has 13 heteroatoms. The molecule has 11 nitrogen and oxygen atoms in total. The number of halogens is 1. The summed E-state index contributed by atoms with van der Waals surface area (Å²) in [6, 6.07) is 12.4. The van der Waals surface area contributed by atoms with Crippen molar-refractivity contribution in [3.63, 3.8) is 0 Å². The Bertz CT molecular complexity index is 2010. The van der Waals surface area contributed by atoms with Crippen molar-refractivity contribution in [3.8, 4) is 5.75 Å². The Morgan fingerprint density at radius 2 is 1.83 bits per heavy atom. The van der Waals surface area contributed by atoms with Gasteiger partial charge in [-0.25, -0.2) is 13.1 Å². The average molecular weight is 865 g/mol. The molecule has 1 spiro atoms.